The highest BCUT2D eigenvalue weighted by Crippen LogP contribution is 2.31. The molecule has 0 atom stereocenters. The highest BCUT2D eigenvalue weighted by atomic mass is 35.5. The zero-order valence-corrected chi connectivity index (χ0v) is 20.6. The molecular weight excluding hydrogens is 472 g/mol. The number of para-hydroxylation sites is 2. The van der Waals surface area contributed by atoms with Crippen LogP contribution in [0.3, 0.4) is 0 Å². The second-order valence-electron chi connectivity index (χ2n) is 8.18. The Morgan fingerprint density at radius 3 is 2.71 bits per heavy atom. The fourth-order valence-corrected chi connectivity index (χ4v) is 5.29. The third-order valence-electron chi connectivity index (χ3n) is 6.11. The molecule has 0 radical (unpaired) electrons. The van der Waals surface area contributed by atoms with Gasteiger partial charge in [-0.1, -0.05) is 48.6 Å². The van der Waals surface area contributed by atoms with Crippen molar-refractivity contribution in [3.63, 3.8) is 0 Å². The van der Waals surface area contributed by atoms with Gasteiger partial charge in [0.25, 0.3) is 5.91 Å². The molecule has 5 rings (SSSR count). The van der Waals surface area contributed by atoms with E-state index in [0.29, 0.717) is 12.1 Å². The molecule has 1 N–H and O–H groups in total. The first-order valence-corrected chi connectivity index (χ1v) is 12.1. The Morgan fingerprint density at radius 1 is 1.12 bits per heavy atom. The summed E-state index contributed by atoms with van der Waals surface area (Å²) in [6.07, 6.45) is 0.987. The number of hydrogen-bond acceptors (Lipinski definition) is 7. The summed E-state index contributed by atoms with van der Waals surface area (Å²) in [5.74, 6) is -0.394. The van der Waals surface area contributed by atoms with E-state index < -0.39 is 11.5 Å². The number of aryl methyl sites for hydroxylation is 1. The molecule has 2 aromatic carbocycles. The second kappa shape index (κ2) is 10.5. The molecule has 1 saturated heterocycles. The van der Waals surface area contributed by atoms with Gasteiger partial charge in [-0.3, -0.25) is 9.69 Å². The van der Waals surface area contributed by atoms with Gasteiger partial charge < -0.3 is 14.6 Å². The van der Waals surface area contributed by atoms with Crippen molar-refractivity contribution in [2.75, 3.05) is 44.2 Å². The number of aromatic nitrogens is 1. The van der Waals surface area contributed by atoms with Crippen molar-refractivity contribution < 1.29 is 9.21 Å². The number of thiazole rings is 1. The highest BCUT2D eigenvalue weighted by Gasteiger charge is 2.21. The molecule has 4 aromatic rings. The van der Waals surface area contributed by atoms with E-state index in [9.17, 15) is 9.59 Å². The van der Waals surface area contributed by atoms with E-state index in [4.69, 9.17) is 9.40 Å². The summed E-state index contributed by atoms with van der Waals surface area (Å²) < 4.78 is 6.51. The molecule has 1 aliphatic heterocycles. The maximum Gasteiger partial charge on any atom is 0.349 e. The summed E-state index contributed by atoms with van der Waals surface area (Å²) in [4.78, 5) is 34.3. The van der Waals surface area contributed by atoms with Gasteiger partial charge in [0.1, 0.15) is 11.1 Å². The molecular formula is C25H27ClN4O3S. The molecule has 2 aromatic heterocycles. The minimum Gasteiger partial charge on any atom is -0.422 e. The topological polar surface area (TPSA) is 78.7 Å². The van der Waals surface area contributed by atoms with E-state index in [-0.39, 0.29) is 18.0 Å². The van der Waals surface area contributed by atoms with E-state index in [0.717, 1.165) is 55.2 Å². The summed E-state index contributed by atoms with van der Waals surface area (Å²) >= 11 is 1.76. The first kappa shape index (κ1) is 24.2. The molecule has 1 fully saturated rings. The maximum absolute atomic E-state index is 12.5. The Hall–Kier alpha value is -2.94. The maximum atomic E-state index is 12.5. The Morgan fingerprint density at radius 2 is 1.91 bits per heavy atom. The summed E-state index contributed by atoms with van der Waals surface area (Å²) in [5.41, 5.74) is 2.34. The zero-order chi connectivity index (χ0) is 22.8. The quantitative estimate of drug-likeness (QED) is 0.406. The van der Waals surface area contributed by atoms with Crippen molar-refractivity contribution in [3.05, 3.63) is 70.1 Å². The SMILES string of the molecule is CCc1cccc2sc(N3CCN(CCNC(=O)c4cc5ccccc5oc4=O)CC3)nc12.Cl. The number of anilines is 1. The standard InChI is InChI=1S/C25H26N4O3S.ClH/c1-2-17-7-5-9-21-22(17)27-25(33-21)29-14-12-28(13-15-29)11-10-26-23(30)19-16-18-6-3-4-8-20(18)32-24(19)31;/h3-9,16H,2,10-15H2,1H3,(H,26,30);1H. The summed E-state index contributed by atoms with van der Waals surface area (Å²) in [7, 11) is 0. The largest absolute Gasteiger partial charge is 0.422 e. The smallest absolute Gasteiger partial charge is 0.349 e. The molecule has 0 saturated carbocycles. The molecule has 3 heterocycles. The van der Waals surface area contributed by atoms with Crippen LogP contribution < -0.4 is 15.8 Å². The van der Waals surface area contributed by atoms with E-state index in [2.05, 4.69) is 40.2 Å². The van der Waals surface area contributed by atoms with Crippen LogP contribution in [0.15, 0.2) is 57.7 Å². The third-order valence-corrected chi connectivity index (χ3v) is 7.20. The number of rotatable bonds is 6. The number of halogens is 1. The van der Waals surface area contributed by atoms with Crippen molar-refractivity contribution in [1.82, 2.24) is 15.2 Å². The third kappa shape index (κ3) is 4.94. The lowest BCUT2D eigenvalue weighted by Crippen LogP contribution is -2.48. The Balaban J connectivity index is 0.00000274. The second-order valence-corrected chi connectivity index (χ2v) is 9.19. The van der Waals surface area contributed by atoms with Crippen molar-refractivity contribution >= 4 is 56.0 Å². The lowest BCUT2D eigenvalue weighted by Gasteiger charge is -2.34. The van der Waals surface area contributed by atoms with Gasteiger partial charge in [-0.25, -0.2) is 9.78 Å². The predicted molar refractivity (Wildman–Crippen MR) is 140 cm³/mol. The van der Waals surface area contributed by atoms with Gasteiger partial charge >= 0.3 is 5.63 Å². The van der Waals surface area contributed by atoms with Crippen LogP contribution >= 0.6 is 23.7 Å². The number of amides is 1. The van der Waals surface area contributed by atoms with Crippen LogP contribution in [0.2, 0.25) is 0 Å². The van der Waals surface area contributed by atoms with E-state index >= 15 is 0 Å². The van der Waals surface area contributed by atoms with Gasteiger partial charge in [0, 0.05) is 44.7 Å². The Labute approximate surface area is 207 Å². The molecule has 1 amide bonds. The fraction of sp³-hybridized carbons (Fsp3) is 0.320. The summed E-state index contributed by atoms with van der Waals surface area (Å²) in [6, 6.07) is 15.2. The van der Waals surface area contributed by atoms with Gasteiger partial charge in [-0.15, -0.1) is 12.4 Å². The van der Waals surface area contributed by atoms with Gasteiger partial charge in [0.05, 0.1) is 10.2 Å². The molecule has 0 aliphatic carbocycles. The molecule has 178 valence electrons. The van der Waals surface area contributed by atoms with E-state index in [1.54, 1.807) is 29.5 Å². The van der Waals surface area contributed by atoms with E-state index in [1.165, 1.54) is 10.3 Å². The van der Waals surface area contributed by atoms with Crippen molar-refractivity contribution in [2.45, 2.75) is 13.3 Å². The monoisotopic (exact) mass is 498 g/mol. The Kier molecular flexibility index (Phi) is 7.50. The number of hydrogen-bond donors (Lipinski definition) is 1. The van der Waals surface area contributed by atoms with Crippen LogP contribution in [0.25, 0.3) is 21.2 Å². The first-order valence-electron chi connectivity index (χ1n) is 11.3. The molecule has 7 nitrogen and oxygen atoms in total. The molecule has 9 heteroatoms. The number of nitrogens with zero attached hydrogens (tertiary/aromatic N) is 3. The fourth-order valence-electron chi connectivity index (χ4n) is 4.22. The molecule has 34 heavy (non-hydrogen) atoms. The number of nitrogens with one attached hydrogen (secondary N) is 1. The first-order chi connectivity index (χ1) is 16.1. The predicted octanol–water partition coefficient (Wildman–Crippen LogP) is 3.94. The summed E-state index contributed by atoms with van der Waals surface area (Å²) in [5, 5.41) is 4.68. The van der Waals surface area contributed by atoms with Crippen LogP contribution in [-0.4, -0.2) is 55.1 Å². The van der Waals surface area contributed by atoms with Crippen molar-refractivity contribution in [2.24, 2.45) is 0 Å². The van der Waals surface area contributed by atoms with Crippen LogP contribution in [0, 0.1) is 0 Å². The Bertz CT molecular complexity index is 1360. The van der Waals surface area contributed by atoms with Crippen LogP contribution in [0.5, 0.6) is 0 Å². The van der Waals surface area contributed by atoms with Crippen molar-refractivity contribution in [1.29, 1.82) is 0 Å². The number of piperazine rings is 1. The normalized spacial score (nSPS) is 14.3. The number of carbonyl (C=O) groups excluding carboxylic acids is 1. The number of benzene rings is 2. The average Bonchev–Trinajstić information content (AvgIpc) is 3.28. The van der Waals surface area contributed by atoms with Crippen LogP contribution in [0.4, 0.5) is 5.13 Å². The van der Waals surface area contributed by atoms with Crippen LogP contribution in [-0.2, 0) is 6.42 Å². The van der Waals surface area contributed by atoms with Crippen molar-refractivity contribution in [3.8, 4) is 0 Å². The zero-order valence-electron chi connectivity index (χ0n) is 19.0. The van der Waals surface area contributed by atoms with Gasteiger partial charge in [-0.05, 0) is 30.2 Å². The molecule has 1 aliphatic rings. The molecule has 0 spiro atoms. The van der Waals surface area contributed by atoms with Gasteiger partial charge in [0.15, 0.2) is 5.13 Å². The lowest BCUT2D eigenvalue weighted by molar-refractivity contribution is 0.0944. The van der Waals surface area contributed by atoms with Gasteiger partial charge in [0.2, 0.25) is 0 Å². The van der Waals surface area contributed by atoms with Crippen LogP contribution in [0.1, 0.15) is 22.8 Å². The molecule has 0 unspecified atom stereocenters. The summed E-state index contributed by atoms with van der Waals surface area (Å²) in [6.45, 7) is 7.00. The average molecular weight is 499 g/mol. The van der Waals surface area contributed by atoms with Gasteiger partial charge in [-0.2, -0.15) is 0 Å². The number of fused-ring (bicyclic) bond motifs is 2. The number of carbonyl (C=O) groups is 1. The lowest BCUT2D eigenvalue weighted by atomic mass is 10.1. The highest BCUT2D eigenvalue weighted by molar-refractivity contribution is 7.22. The minimum atomic E-state index is -0.609. The molecule has 0 bridgehead atoms. The van der Waals surface area contributed by atoms with E-state index in [1.807, 2.05) is 12.1 Å². The minimum absolute atomic E-state index is 0.